The summed E-state index contributed by atoms with van der Waals surface area (Å²) in [6, 6.07) is 5.60. The van der Waals surface area contributed by atoms with Crippen molar-refractivity contribution in [3.63, 3.8) is 0 Å². The highest BCUT2D eigenvalue weighted by Gasteiger charge is 2.36. The molecule has 0 radical (unpaired) electrons. The lowest BCUT2D eigenvalue weighted by atomic mass is 9.89. The van der Waals surface area contributed by atoms with Crippen LogP contribution in [0.25, 0.3) is 0 Å². The predicted molar refractivity (Wildman–Crippen MR) is 87.2 cm³/mol. The summed E-state index contributed by atoms with van der Waals surface area (Å²) in [5.41, 5.74) is 6.37. The van der Waals surface area contributed by atoms with Crippen molar-refractivity contribution in [1.82, 2.24) is 4.90 Å². The van der Waals surface area contributed by atoms with Gasteiger partial charge in [0.15, 0.2) is 0 Å². The summed E-state index contributed by atoms with van der Waals surface area (Å²) in [6.45, 7) is 2.79. The third-order valence-electron chi connectivity index (χ3n) is 4.85. The van der Waals surface area contributed by atoms with E-state index in [9.17, 15) is 9.59 Å². The maximum Gasteiger partial charge on any atom is 0.229 e. The Balaban J connectivity index is 1.74. The van der Waals surface area contributed by atoms with Crippen molar-refractivity contribution in [3.05, 3.63) is 28.8 Å². The number of ether oxygens (including phenoxy) is 1. The molecule has 2 aliphatic rings. The van der Waals surface area contributed by atoms with Crippen molar-refractivity contribution in [2.75, 3.05) is 13.2 Å². The number of likely N-dealkylation sites (tertiary alicyclic amines) is 1. The van der Waals surface area contributed by atoms with Crippen LogP contribution >= 0.6 is 11.6 Å². The Labute approximate surface area is 140 Å². The molecule has 2 heterocycles. The summed E-state index contributed by atoms with van der Waals surface area (Å²) in [6.07, 6.45) is 2.16. The Bertz CT molecular complexity index is 634. The van der Waals surface area contributed by atoms with Crippen LogP contribution in [0.1, 0.15) is 25.3 Å². The van der Waals surface area contributed by atoms with Gasteiger partial charge >= 0.3 is 0 Å². The number of carbonyl (C=O) groups excluding carboxylic acids is 2. The molecule has 1 aromatic rings. The van der Waals surface area contributed by atoms with E-state index in [4.69, 9.17) is 22.1 Å². The molecule has 0 aromatic heterocycles. The average Bonchev–Trinajstić information content (AvgIpc) is 2.53. The first-order valence-corrected chi connectivity index (χ1v) is 8.34. The number of carbonyl (C=O) groups is 2. The summed E-state index contributed by atoms with van der Waals surface area (Å²) < 4.78 is 5.71. The van der Waals surface area contributed by atoms with Crippen LogP contribution in [0.2, 0.25) is 5.02 Å². The SMILES string of the molecule is CC1CCC(C(N)=O)CN1C(=O)C1COc2ccc(Cl)cc2C1. The maximum absolute atomic E-state index is 12.9. The summed E-state index contributed by atoms with van der Waals surface area (Å²) in [5, 5.41) is 0.639. The monoisotopic (exact) mass is 336 g/mol. The summed E-state index contributed by atoms with van der Waals surface area (Å²) in [5.74, 6) is 0.0115. The normalized spacial score (nSPS) is 27.0. The first-order chi connectivity index (χ1) is 11.0. The zero-order valence-electron chi connectivity index (χ0n) is 13.1. The predicted octanol–water partition coefficient (Wildman–Crippen LogP) is 2.00. The van der Waals surface area contributed by atoms with Crippen LogP contribution in [0.5, 0.6) is 5.75 Å². The molecular weight excluding hydrogens is 316 g/mol. The van der Waals surface area contributed by atoms with Crippen molar-refractivity contribution in [2.45, 2.75) is 32.2 Å². The number of nitrogens with two attached hydrogens (primary N) is 1. The highest BCUT2D eigenvalue weighted by Crippen LogP contribution is 2.32. The van der Waals surface area contributed by atoms with Crippen LogP contribution in [0.15, 0.2) is 18.2 Å². The molecule has 3 atom stereocenters. The van der Waals surface area contributed by atoms with Gasteiger partial charge in [-0.15, -0.1) is 0 Å². The minimum atomic E-state index is -0.327. The molecule has 6 heteroatoms. The van der Waals surface area contributed by atoms with E-state index < -0.39 is 0 Å². The lowest BCUT2D eigenvalue weighted by molar-refractivity contribution is -0.142. The van der Waals surface area contributed by atoms with Gasteiger partial charge < -0.3 is 15.4 Å². The second kappa shape index (κ2) is 6.40. The van der Waals surface area contributed by atoms with E-state index in [0.29, 0.717) is 24.6 Å². The van der Waals surface area contributed by atoms with Crippen molar-refractivity contribution < 1.29 is 14.3 Å². The van der Waals surface area contributed by atoms with Crippen LogP contribution in [-0.4, -0.2) is 35.9 Å². The lowest BCUT2D eigenvalue weighted by Gasteiger charge is -2.39. The van der Waals surface area contributed by atoms with Gasteiger partial charge in [-0.2, -0.15) is 0 Å². The fraction of sp³-hybridized carbons (Fsp3) is 0.529. The van der Waals surface area contributed by atoms with Crippen LogP contribution in [0.3, 0.4) is 0 Å². The summed E-state index contributed by atoms with van der Waals surface area (Å²) in [4.78, 5) is 26.1. The third-order valence-corrected chi connectivity index (χ3v) is 5.08. The zero-order chi connectivity index (χ0) is 16.6. The van der Waals surface area contributed by atoms with Crippen LogP contribution < -0.4 is 10.5 Å². The third kappa shape index (κ3) is 3.29. The second-order valence-electron chi connectivity index (χ2n) is 6.48. The van der Waals surface area contributed by atoms with E-state index in [2.05, 4.69) is 0 Å². The summed E-state index contributed by atoms with van der Waals surface area (Å²) in [7, 11) is 0. The van der Waals surface area contributed by atoms with Gasteiger partial charge in [-0.1, -0.05) is 11.6 Å². The smallest absolute Gasteiger partial charge is 0.229 e. The highest BCUT2D eigenvalue weighted by molar-refractivity contribution is 6.30. The first-order valence-electron chi connectivity index (χ1n) is 7.96. The molecule has 0 bridgehead atoms. The fourth-order valence-electron chi connectivity index (χ4n) is 3.40. The molecule has 0 aliphatic carbocycles. The van der Waals surface area contributed by atoms with Crippen LogP contribution in [0, 0.1) is 11.8 Å². The van der Waals surface area contributed by atoms with Gasteiger partial charge in [0, 0.05) is 17.6 Å². The lowest BCUT2D eigenvalue weighted by Crippen LogP contribution is -2.51. The Morgan fingerprint density at radius 1 is 1.30 bits per heavy atom. The number of hydrogen-bond donors (Lipinski definition) is 1. The number of halogens is 1. The average molecular weight is 337 g/mol. The van der Waals surface area contributed by atoms with Crippen LogP contribution in [0.4, 0.5) is 0 Å². The van der Waals surface area contributed by atoms with Crippen molar-refractivity contribution in [3.8, 4) is 5.75 Å². The van der Waals surface area contributed by atoms with E-state index in [-0.39, 0.29) is 29.7 Å². The van der Waals surface area contributed by atoms with E-state index in [0.717, 1.165) is 24.2 Å². The largest absolute Gasteiger partial charge is 0.492 e. The fourth-order valence-corrected chi connectivity index (χ4v) is 3.60. The van der Waals surface area contributed by atoms with Crippen LogP contribution in [-0.2, 0) is 16.0 Å². The van der Waals surface area contributed by atoms with Gasteiger partial charge in [-0.3, -0.25) is 9.59 Å². The van der Waals surface area contributed by atoms with E-state index >= 15 is 0 Å². The molecule has 2 N–H and O–H groups in total. The van der Waals surface area contributed by atoms with Gasteiger partial charge in [0.25, 0.3) is 0 Å². The topological polar surface area (TPSA) is 72.6 Å². The Morgan fingerprint density at radius 2 is 2.09 bits per heavy atom. The van der Waals surface area contributed by atoms with E-state index in [1.165, 1.54) is 0 Å². The Kier molecular flexibility index (Phi) is 4.48. The minimum Gasteiger partial charge on any atom is -0.492 e. The number of amides is 2. The molecule has 0 spiro atoms. The maximum atomic E-state index is 12.9. The van der Waals surface area contributed by atoms with Gasteiger partial charge in [-0.05, 0) is 49.9 Å². The molecule has 23 heavy (non-hydrogen) atoms. The second-order valence-corrected chi connectivity index (χ2v) is 6.92. The minimum absolute atomic E-state index is 0.0362. The number of benzene rings is 1. The Morgan fingerprint density at radius 3 is 2.83 bits per heavy atom. The molecule has 0 saturated carbocycles. The first kappa shape index (κ1) is 16.1. The van der Waals surface area contributed by atoms with Gasteiger partial charge in [0.2, 0.25) is 11.8 Å². The quantitative estimate of drug-likeness (QED) is 0.897. The van der Waals surface area contributed by atoms with E-state index in [1.807, 2.05) is 19.1 Å². The molecule has 1 aromatic carbocycles. The molecule has 124 valence electrons. The molecule has 3 rings (SSSR count). The zero-order valence-corrected chi connectivity index (χ0v) is 13.9. The molecule has 2 aliphatic heterocycles. The molecular formula is C17H21ClN2O3. The van der Waals surface area contributed by atoms with E-state index in [1.54, 1.807) is 11.0 Å². The number of nitrogens with zero attached hydrogens (tertiary/aromatic N) is 1. The molecule has 2 amide bonds. The number of fused-ring (bicyclic) bond motifs is 1. The molecule has 5 nitrogen and oxygen atoms in total. The van der Waals surface area contributed by atoms with Crippen molar-refractivity contribution in [2.24, 2.45) is 17.6 Å². The number of primary amides is 1. The summed E-state index contributed by atoms with van der Waals surface area (Å²) >= 11 is 6.03. The molecule has 1 fully saturated rings. The molecule has 3 unspecified atom stereocenters. The number of rotatable bonds is 2. The van der Waals surface area contributed by atoms with Gasteiger partial charge in [-0.25, -0.2) is 0 Å². The number of hydrogen-bond acceptors (Lipinski definition) is 3. The highest BCUT2D eigenvalue weighted by atomic mass is 35.5. The standard InChI is InChI=1S/C17H21ClN2O3/c1-10-2-3-11(16(19)21)8-20(10)17(22)13-6-12-7-14(18)4-5-15(12)23-9-13/h4-5,7,10-11,13H,2-3,6,8-9H2,1H3,(H2,19,21). The number of piperidine rings is 1. The molecule has 1 saturated heterocycles. The van der Waals surface area contributed by atoms with Gasteiger partial charge in [0.1, 0.15) is 12.4 Å². The Hall–Kier alpha value is -1.75. The van der Waals surface area contributed by atoms with Crippen molar-refractivity contribution >= 4 is 23.4 Å². The van der Waals surface area contributed by atoms with Gasteiger partial charge in [0.05, 0.1) is 11.8 Å². The van der Waals surface area contributed by atoms with Crippen molar-refractivity contribution in [1.29, 1.82) is 0 Å².